The third-order valence-electron chi connectivity index (χ3n) is 2.29. The van der Waals surface area contributed by atoms with Crippen molar-refractivity contribution in [1.82, 2.24) is 0 Å². The number of nitrogens with one attached hydrogen (secondary N) is 1. The van der Waals surface area contributed by atoms with E-state index in [2.05, 4.69) is 12.2 Å². The second-order valence-corrected chi connectivity index (χ2v) is 3.46. The third-order valence-corrected chi connectivity index (χ3v) is 2.29. The zero-order chi connectivity index (χ0) is 9.80. The van der Waals surface area contributed by atoms with Gasteiger partial charge in [0, 0.05) is 12.6 Å². The molecule has 2 heteroatoms. The van der Waals surface area contributed by atoms with E-state index in [4.69, 9.17) is 4.74 Å². The van der Waals surface area contributed by atoms with Crippen LogP contribution in [0.4, 0.5) is 5.69 Å². The Morgan fingerprint density at radius 1 is 1.29 bits per heavy atom. The molecule has 0 aromatic heterocycles. The van der Waals surface area contributed by atoms with Crippen LogP contribution in [0, 0.1) is 0 Å². The standard InChI is InChI=1S/C12H15NO/c1-2-3-6-10-9-13-11-7-4-5-8-12(11)14-10/h4-5,7-9,13H,2-3,6H2,1H3. The van der Waals surface area contributed by atoms with Crippen LogP contribution in [0.2, 0.25) is 0 Å². The Morgan fingerprint density at radius 3 is 3.00 bits per heavy atom. The van der Waals surface area contributed by atoms with Gasteiger partial charge in [-0.25, -0.2) is 0 Å². The molecule has 1 aromatic rings. The topological polar surface area (TPSA) is 21.3 Å². The fraction of sp³-hybridized carbons (Fsp3) is 0.333. The van der Waals surface area contributed by atoms with Gasteiger partial charge in [0.1, 0.15) is 11.5 Å². The number of fused-ring (bicyclic) bond motifs is 1. The average Bonchev–Trinajstić information content (AvgIpc) is 2.26. The van der Waals surface area contributed by atoms with Crippen molar-refractivity contribution in [3.05, 3.63) is 36.2 Å². The lowest BCUT2D eigenvalue weighted by Crippen LogP contribution is -2.06. The highest BCUT2D eigenvalue weighted by atomic mass is 16.5. The molecule has 0 radical (unpaired) electrons. The Bertz CT molecular complexity index is 344. The van der Waals surface area contributed by atoms with E-state index >= 15 is 0 Å². The second-order valence-electron chi connectivity index (χ2n) is 3.46. The lowest BCUT2D eigenvalue weighted by molar-refractivity contribution is 0.394. The molecule has 0 amide bonds. The van der Waals surface area contributed by atoms with Crippen LogP contribution in [0.3, 0.4) is 0 Å². The Kier molecular flexibility index (Phi) is 2.73. The fourth-order valence-electron chi connectivity index (χ4n) is 1.48. The van der Waals surface area contributed by atoms with E-state index in [1.54, 1.807) is 0 Å². The predicted molar refractivity (Wildman–Crippen MR) is 58.3 cm³/mol. The number of benzene rings is 1. The minimum atomic E-state index is 0.932. The van der Waals surface area contributed by atoms with Crippen molar-refractivity contribution in [2.24, 2.45) is 0 Å². The first-order valence-corrected chi connectivity index (χ1v) is 5.12. The van der Waals surface area contributed by atoms with Crippen LogP contribution in [-0.2, 0) is 0 Å². The van der Waals surface area contributed by atoms with Gasteiger partial charge in [0.2, 0.25) is 0 Å². The largest absolute Gasteiger partial charge is 0.458 e. The van der Waals surface area contributed by atoms with Crippen LogP contribution in [0.1, 0.15) is 26.2 Å². The molecule has 0 aliphatic carbocycles. The number of para-hydroxylation sites is 2. The van der Waals surface area contributed by atoms with Crippen molar-refractivity contribution in [2.45, 2.75) is 26.2 Å². The maximum atomic E-state index is 5.73. The Labute approximate surface area is 84.6 Å². The first-order chi connectivity index (χ1) is 6.90. The van der Waals surface area contributed by atoms with Gasteiger partial charge in [0.05, 0.1) is 5.69 Å². The lowest BCUT2D eigenvalue weighted by Gasteiger charge is -2.18. The Morgan fingerprint density at radius 2 is 2.14 bits per heavy atom. The molecule has 0 bridgehead atoms. The van der Waals surface area contributed by atoms with Gasteiger partial charge in [-0.3, -0.25) is 0 Å². The molecule has 2 nitrogen and oxygen atoms in total. The summed E-state index contributed by atoms with van der Waals surface area (Å²) in [6, 6.07) is 7.99. The van der Waals surface area contributed by atoms with Crippen LogP contribution in [-0.4, -0.2) is 0 Å². The van der Waals surface area contributed by atoms with Crippen molar-refractivity contribution in [2.75, 3.05) is 5.32 Å². The monoisotopic (exact) mass is 189 g/mol. The van der Waals surface area contributed by atoms with Crippen LogP contribution in [0.15, 0.2) is 36.2 Å². The van der Waals surface area contributed by atoms with Crippen LogP contribution in [0.5, 0.6) is 5.75 Å². The van der Waals surface area contributed by atoms with Crippen LogP contribution < -0.4 is 10.1 Å². The van der Waals surface area contributed by atoms with Crippen LogP contribution in [0.25, 0.3) is 0 Å². The molecular formula is C12H15NO. The second kappa shape index (κ2) is 4.18. The summed E-state index contributed by atoms with van der Waals surface area (Å²) in [4.78, 5) is 0. The molecule has 1 aromatic carbocycles. The molecule has 0 saturated carbocycles. The van der Waals surface area contributed by atoms with Crippen LogP contribution >= 0.6 is 0 Å². The highest BCUT2D eigenvalue weighted by molar-refractivity contribution is 5.60. The summed E-state index contributed by atoms with van der Waals surface area (Å²) in [5.74, 6) is 1.96. The number of rotatable bonds is 3. The van der Waals surface area contributed by atoms with Crippen molar-refractivity contribution in [3.8, 4) is 5.75 Å². The van der Waals surface area contributed by atoms with E-state index in [0.717, 1.165) is 23.6 Å². The maximum absolute atomic E-state index is 5.73. The van der Waals surface area contributed by atoms with E-state index in [1.165, 1.54) is 12.8 Å². The lowest BCUT2D eigenvalue weighted by atomic mass is 10.2. The molecule has 14 heavy (non-hydrogen) atoms. The Hall–Kier alpha value is -1.44. The molecule has 0 unspecified atom stereocenters. The fourth-order valence-corrected chi connectivity index (χ4v) is 1.48. The third kappa shape index (κ3) is 1.90. The SMILES string of the molecule is CCCCC1=CNc2ccccc2O1. The van der Waals surface area contributed by atoms with Gasteiger partial charge in [-0.2, -0.15) is 0 Å². The zero-order valence-electron chi connectivity index (χ0n) is 8.42. The average molecular weight is 189 g/mol. The van der Waals surface area contributed by atoms with Gasteiger partial charge in [0.25, 0.3) is 0 Å². The number of allylic oxidation sites excluding steroid dienone is 1. The van der Waals surface area contributed by atoms with Crippen molar-refractivity contribution < 1.29 is 4.74 Å². The number of ether oxygens (including phenoxy) is 1. The van der Waals surface area contributed by atoms with E-state index in [1.807, 2.05) is 30.5 Å². The summed E-state index contributed by atoms with van der Waals surface area (Å²) in [6.45, 7) is 2.19. The highest BCUT2D eigenvalue weighted by Crippen LogP contribution is 2.30. The molecule has 0 fully saturated rings. The highest BCUT2D eigenvalue weighted by Gasteiger charge is 2.10. The van der Waals surface area contributed by atoms with Crippen molar-refractivity contribution >= 4 is 5.69 Å². The molecule has 1 N–H and O–H groups in total. The molecule has 0 spiro atoms. The van der Waals surface area contributed by atoms with Gasteiger partial charge < -0.3 is 10.1 Å². The summed E-state index contributed by atoms with van der Waals surface area (Å²) >= 11 is 0. The summed E-state index contributed by atoms with van der Waals surface area (Å²) in [6.07, 6.45) is 5.34. The van der Waals surface area contributed by atoms with Gasteiger partial charge in [0.15, 0.2) is 0 Å². The van der Waals surface area contributed by atoms with Gasteiger partial charge in [-0.1, -0.05) is 25.5 Å². The van der Waals surface area contributed by atoms with E-state index in [9.17, 15) is 0 Å². The van der Waals surface area contributed by atoms with E-state index in [-0.39, 0.29) is 0 Å². The molecule has 74 valence electrons. The van der Waals surface area contributed by atoms with E-state index in [0.29, 0.717) is 0 Å². The minimum absolute atomic E-state index is 0.932. The number of anilines is 1. The maximum Gasteiger partial charge on any atom is 0.150 e. The molecule has 1 aliphatic rings. The molecule has 2 rings (SSSR count). The summed E-state index contributed by atoms with van der Waals surface area (Å²) in [5, 5.41) is 3.23. The smallest absolute Gasteiger partial charge is 0.150 e. The zero-order valence-corrected chi connectivity index (χ0v) is 8.42. The van der Waals surface area contributed by atoms with E-state index < -0.39 is 0 Å². The normalized spacial score (nSPS) is 13.6. The number of hydrogen-bond acceptors (Lipinski definition) is 2. The quantitative estimate of drug-likeness (QED) is 0.785. The number of hydrogen-bond donors (Lipinski definition) is 1. The Balaban J connectivity index is 2.05. The van der Waals surface area contributed by atoms with Crippen molar-refractivity contribution in [1.29, 1.82) is 0 Å². The van der Waals surface area contributed by atoms with Gasteiger partial charge >= 0.3 is 0 Å². The minimum Gasteiger partial charge on any atom is -0.458 e. The molecule has 1 aliphatic heterocycles. The van der Waals surface area contributed by atoms with Gasteiger partial charge in [-0.15, -0.1) is 0 Å². The summed E-state index contributed by atoms with van der Waals surface area (Å²) in [5.41, 5.74) is 1.05. The predicted octanol–water partition coefficient (Wildman–Crippen LogP) is 3.52. The molecule has 0 atom stereocenters. The van der Waals surface area contributed by atoms with Crippen molar-refractivity contribution in [3.63, 3.8) is 0 Å². The molecular weight excluding hydrogens is 174 g/mol. The number of unbranched alkanes of at least 4 members (excludes halogenated alkanes) is 1. The first kappa shape index (κ1) is 9.13. The first-order valence-electron chi connectivity index (χ1n) is 5.12. The van der Waals surface area contributed by atoms with Gasteiger partial charge in [-0.05, 0) is 18.6 Å². The summed E-state index contributed by atoms with van der Waals surface area (Å²) in [7, 11) is 0. The summed E-state index contributed by atoms with van der Waals surface area (Å²) < 4.78 is 5.73. The molecule has 1 heterocycles. The molecule has 0 saturated heterocycles.